The molecular formula is C7H19N. The van der Waals surface area contributed by atoms with E-state index in [-0.39, 0.29) is 6.15 Å². The first-order valence-electron chi connectivity index (χ1n) is 2.94. The molecule has 0 unspecified atom stereocenters. The summed E-state index contributed by atoms with van der Waals surface area (Å²) in [5.74, 6) is 0. The number of allylic oxidation sites excluding steroid dienone is 1. The molecule has 0 amide bonds. The lowest BCUT2D eigenvalue weighted by Crippen LogP contribution is -1.36. The first-order chi connectivity index (χ1) is 3.33. The van der Waals surface area contributed by atoms with Crippen LogP contribution in [0.5, 0.6) is 0 Å². The van der Waals surface area contributed by atoms with E-state index >= 15 is 0 Å². The lowest BCUT2D eigenvalue weighted by atomic mass is 10.5. The standard InChI is InChI=1S/C4H8.C3H8.H3N/c1-3-4-2;1-3-2;/h3H,1,4H2,2H3;3H2,1-2H3;1H3. The molecule has 0 aliphatic rings. The van der Waals surface area contributed by atoms with Gasteiger partial charge < -0.3 is 6.15 Å². The van der Waals surface area contributed by atoms with Crippen molar-refractivity contribution in [1.29, 1.82) is 0 Å². The van der Waals surface area contributed by atoms with Gasteiger partial charge in [0, 0.05) is 0 Å². The molecule has 0 aliphatic heterocycles. The van der Waals surface area contributed by atoms with E-state index in [4.69, 9.17) is 0 Å². The summed E-state index contributed by atoms with van der Waals surface area (Å²) in [6, 6.07) is 0. The second-order valence-corrected chi connectivity index (χ2v) is 1.40. The van der Waals surface area contributed by atoms with Crippen molar-refractivity contribution < 1.29 is 0 Å². The summed E-state index contributed by atoms with van der Waals surface area (Å²) in [5.41, 5.74) is 0. The van der Waals surface area contributed by atoms with Crippen molar-refractivity contribution in [3.63, 3.8) is 0 Å². The zero-order chi connectivity index (χ0) is 6.12. The zero-order valence-electron chi connectivity index (χ0n) is 6.41. The Morgan fingerprint density at radius 1 is 1.25 bits per heavy atom. The summed E-state index contributed by atoms with van der Waals surface area (Å²) in [4.78, 5) is 0. The molecule has 0 aliphatic carbocycles. The highest BCUT2D eigenvalue weighted by Gasteiger charge is 1.45. The van der Waals surface area contributed by atoms with Crippen LogP contribution in [0.1, 0.15) is 33.6 Å². The SMILES string of the molecule is C=CCC.CCC.N. The molecule has 1 nitrogen and oxygen atoms in total. The Morgan fingerprint density at radius 2 is 1.38 bits per heavy atom. The third-order valence-electron chi connectivity index (χ3n) is 0.289. The molecule has 8 heavy (non-hydrogen) atoms. The summed E-state index contributed by atoms with van der Waals surface area (Å²) in [6.45, 7) is 9.79. The molecule has 0 radical (unpaired) electrons. The van der Waals surface area contributed by atoms with E-state index in [2.05, 4.69) is 27.4 Å². The maximum absolute atomic E-state index is 3.48. The lowest BCUT2D eigenvalue weighted by Gasteiger charge is -1.57. The van der Waals surface area contributed by atoms with E-state index in [9.17, 15) is 0 Å². The summed E-state index contributed by atoms with van der Waals surface area (Å²) in [7, 11) is 0. The van der Waals surface area contributed by atoms with Gasteiger partial charge in [-0.3, -0.25) is 0 Å². The number of rotatable bonds is 1. The van der Waals surface area contributed by atoms with Crippen LogP contribution in [0.15, 0.2) is 12.7 Å². The van der Waals surface area contributed by atoms with Gasteiger partial charge in [-0.05, 0) is 6.42 Å². The van der Waals surface area contributed by atoms with Crippen LogP contribution >= 0.6 is 0 Å². The second-order valence-electron chi connectivity index (χ2n) is 1.40. The van der Waals surface area contributed by atoms with Gasteiger partial charge in [-0.25, -0.2) is 0 Å². The van der Waals surface area contributed by atoms with Crippen molar-refractivity contribution in [1.82, 2.24) is 6.15 Å². The highest BCUT2D eigenvalue weighted by molar-refractivity contribution is 4.60. The summed E-state index contributed by atoms with van der Waals surface area (Å²) >= 11 is 0. The van der Waals surface area contributed by atoms with Crippen LogP contribution < -0.4 is 6.15 Å². The van der Waals surface area contributed by atoms with Crippen LogP contribution in [0, 0.1) is 0 Å². The van der Waals surface area contributed by atoms with Crippen LogP contribution in [0.2, 0.25) is 0 Å². The molecule has 0 atom stereocenters. The van der Waals surface area contributed by atoms with Gasteiger partial charge in [-0.15, -0.1) is 6.58 Å². The van der Waals surface area contributed by atoms with Gasteiger partial charge in [-0.2, -0.15) is 0 Å². The molecule has 3 N–H and O–H groups in total. The Balaban J connectivity index is -0.0000000575. The molecule has 0 spiro atoms. The van der Waals surface area contributed by atoms with Crippen molar-refractivity contribution in [3.05, 3.63) is 12.7 Å². The van der Waals surface area contributed by atoms with Gasteiger partial charge in [0.25, 0.3) is 0 Å². The summed E-state index contributed by atoms with van der Waals surface area (Å²) in [5, 5.41) is 0. The maximum atomic E-state index is 3.48. The summed E-state index contributed by atoms with van der Waals surface area (Å²) in [6.07, 6.45) is 4.21. The topological polar surface area (TPSA) is 35.0 Å². The molecule has 0 fully saturated rings. The van der Waals surface area contributed by atoms with E-state index < -0.39 is 0 Å². The molecule has 0 bridgehead atoms. The number of hydrogen-bond donors (Lipinski definition) is 1. The van der Waals surface area contributed by atoms with Crippen LogP contribution in [0.25, 0.3) is 0 Å². The van der Waals surface area contributed by atoms with Crippen molar-refractivity contribution in [2.75, 3.05) is 0 Å². The smallest absolute Gasteiger partial charge is 0.0382 e. The van der Waals surface area contributed by atoms with Crippen molar-refractivity contribution in [3.8, 4) is 0 Å². The highest BCUT2D eigenvalue weighted by Crippen LogP contribution is 1.66. The largest absolute Gasteiger partial charge is 0.344 e. The van der Waals surface area contributed by atoms with Gasteiger partial charge in [0.05, 0.1) is 0 Å². The normalized spacial score (nSPS) is 5.38. The third-order valence-corrected chi connectivity index (χ3v) is 0.289. The molecule has 0 aromatic heterocycles. The third kappa shape index (κ3) is 257. The molecule has 0 heterocycles. The predicted molar refractivity (Wildman–Crippen MR) is 41.5 cm³/mol. The predicted octanol–water partition coefficient (Wildman–Crippen LogP) is 3.16. The minimum Gasteiger partial charge on any atom is -0.344 e. The van der Waals surface area contributed by atoms with E-state index in [0.717, 1.165) is 6.42 Å². The van der Waals surface area contributed by atoms with Crippen LogP contribution in [-0.4, -0.2) is 0 Å². The average molecular weight is 117 g/mol. The van der Waals surface area contributed by atoms with Gasteiger partial charge >= 0.3 is 0 Å². The summed E-state index contributed by atoms with van der Waals surface area (Å²) < 4.78 is 0. The van der Waals surface area contributed by atoms with Crippen molar-refractivity contribution in [2.24, 2.45) is 0 Å². The molecular weight excluding hydrogens is 98.1 g/mol. The van der Waals surface area contributed by atoms with E-state index in [1.807, 2.05) is 6.08 Å². The van der Waals surface area contributed by atoms with Crippen LogP contribution in [-0.2, 0) is 0 Å². The average Bonchev–Trinajstić information content (AvgIpc) is 1.69. The van der Waals surface area contributed by atoms with E-state index in [0.29, 0.717) is 0 Å². The Bertz CT molecular complexity index is 25.6. The van der Waals surface area contributed by atoms with Crippen LogP contribution in [0.4, 0.5) is 0 Å². The number of hydrogen-bond acceptors (Lipinski definition) is 1. The molecule has 0 aromatic carbocycles. The zero-order valence-corrected chi connectivity index (χ0v) is 6.41. The second kappa shape index (κ2) is 29.9. The fraction of sp³-hybridized carbons (Fsp3) is 0.714. The lowest BCUT2D eigenvalue weighted by molar-refractivity contribution is 1.09. The minimum atomic E-state index is 0. The Labute approximate surface area is 53.4 Å². The van der Waals surface area contributed by atoms with Gasteiger partial charge in [0.1, 0.15) is 0 Å². The molecule has 0 saturated heterocycles. The molecule has 0 rings (SSSR count). The van der Waals surface area contributed by atoms with Gasteiger partial charge in [0.15, 0.2) is 0 Å². The van der Waals surface area contributed by atoms with Gasteiger partial charge in [0.2, 0.25) is 0 Å². The monoisotopic (exact) mass is 117 g/mol. The maximum Gasteiger partial charge on any atom is -0.0382 e. The fourth-order valence-electron chi connectivity index (χ4n) is 0. The first-order valence-corrected chi connectivity index (χ1v) is 2.94. The van der Waals surface area contributed by atoms with E-state index in [1.165, 1.54) is 6.42 Å². The van der Waals surface area contributed by atoms with Crippen LogP contribution in [0.3, 0.4) is 0 Å². The molecule has 0 aromatic rings. The Kier molecular flexibility index (Phi) is 58.4. The molecule has 0 saturated carbocycles. The molecule has 52 valence electrons. The highest BCUT2D eigenvalue weighted by atomic mass is 14.0. The minimum absolute atomic E-state index is 0. The van der Waals surface area contributed by atoms with Gasteiger partial charge in [-0.1, -0.05) is 33.3 Å². The molecule has 1 heteroatoms. The quantitative estimate of drug-likeness (QED) is 0.526. The van der Waals surface area contributed by atoms with Crippen molar-refractivity contribution >= 4 is 0 Å². The van der Waals surface area contributed by atoms with E-state index in [1.54, 1.807) is 0 Å². The van der Waals surface area contributed by atoms with Crippen molar-refractivity contribution in [2.45, 2.75) is 33.6 Å². The first kappa shape index (κ1) is 15.6. The Hall–Kier alpha value is -0.300. The Morgan fingerprint density at radius 3 is 1.38 bits per heavy atom. The fourth-order valence-corrected chi connectivity index (χ4v) is 0.